The summed E-state index contributed by atoms with van der Waals surface area (Å²) in [5.74, 6) is -2.14. The lowest BCUT2D eigenvalue weighted by atomic mass is 10.0. The highest BCUT2D eigenvalue weighted by molar-refractivity contribution is 6.22. The first kappa shape index (κ1) is 24.6. The van der Waals surface area contributed by atoms with Crippen LogP contribution in [0.3, 0.4) is 0 Å². The summed E-state index contributed by atoms with van der Waals surface area (Å²) in [6.45, 7) is 11.1. The van der Waals surface area contributed by atoms with E-state index >= 15 is 0 Å². The molecular weight excluding hydrogens is 404 g/mol. The van der Waals surface area contributed by atoms with E-state index in [0.717, 1.165) is 0 Å². The van der Waals surface area contributed by atoms with Crippen LogP contribution in [0.4, 0.5) is 0 Å². The summed E-state index contributed by atoms with van der Waals surface area (Å²) in [7, 11) is 0. The smallest absolute Gasteiger partial charge is 0.354 e. The van der Waals surface area contributed by atoms with E-state index in [1.54, 1.807) is 19.9 Å². The molecule has 0 bridgehead atoms. The first-order valence-corrected chi connectivity index (χ1v) is 9.27. The van der Waals surface area contributed by atoms with E-state index in [2.05, 4.69) is 20.6 Å². The molecule has 29 heavy (non-hydrogen) atoms. The molecule has 0 saturated carbocycles. The maximum Gasteiger partial charge on any atom is 0.354 e. The second-order valence-corrected chi connectivity index (χ2v) is 7.54. The Balaban J connectivity index is 0.000000291. The Morgan fingerprint density at radius 1 is 1.24 bits per heavy atom. The van der Waals surface area contributed by atoms with E-state index in [0.29, 0.717) is 12.3 Å². The summed E-state index contributed by atoms with van der Waals surface area (Å²) in [6.07, 6.45) is 1.48. The second kappa shape index (κ2) is 9.86. The fraction of sp³-hybridized carbons (Fsp3) is 0.556. The number of nitrogens with zero attached hydrogens (tertiary/aromatic N) is 2. The lowest BCUT2D eigenvalue weighted by Crippen LogP contribution is -2.64. The number of halogens is 1. The van der Waals surface area contributed by atoms with Crippen LogP contribution in [0.5, 0.6) is 6.01 Å². The predicted molar refractivity (Wildman–Crippen MR) is 106 cm³/mol. The van der Waals surface area contributed by atoms with Gasteiger partial charge in [0.1, 0.15) is 5.70 Å². The molecule has 162 valence electrons. The number of aliphatic carboxylic acids is 1. The zero-order valence-corrected chi connectivity index (χ0v) is 18.0. The van der Waals surface area contributed by atoms with Crippen molar-refractivity contribution >= 4 is 23.5 Å². The second-order valence-electron chi connectivity index (χ2n) is 7.01. The minimum atomic E-state index is -1.36. The molecule has 1 aromatic heterocycles. The number of aryl methyl sites for hydroxylation is 1. The van der Waals surface area contributed by atoms with Crippen LogP contribution in [0.1, 0.15) is 50.8 Å². The van der Waals surface area contributed by atoms with Crippen molar-refractivity contribution in [2.75, 3.05) is 6.61 Å². The van der Waals surface area contributed by atoms with Crippen molar-refractivity contribution in [3.05, 3.63) is 29.2 Å². The summed E-state index contributed by atoms with van der Waals surface area (Å²) >= 11 is 6.05. The molecule has 1 aromatic rings. The lowest BCUT2D eigenvalue weighted by Gasteiger charge is -2.40. The molecule has 0 spiro atoms. The van der Waals surface area contributed by atoms with Gasteiger partial charge in [-0.2, -0.15) is 4.98 Å². The number of aromatic nitrogens is 2. The molecule has 2 heterocycles. The van der Waals surface area contributed by atoms with Crippen molar-refractivity contribution in [3.8, 4) is 6.01 Å². The summed E-state index contributed by atoms with van der Waals surface area (Å²) < 4.78 is 10.4. The zero-order chi connectivity index (χ0) is 22.4. The van der Waals surface area contributed by atoms with Crippen molar-refractivity contribution in [1.82, 2.24) is 20.6 Å². The molecule has 0 radical (unpaired) electrons. The first-order valence-electron chi connectivity index (χ1n) is 8.89. The number of alkyl halides is 1. The molecule has 1 unspecified atom stereocenters. The minimum Gasteiger partial charge on any atom is -0.477 e. The first-order chi connectivity index (χ1) is 13.3. The van der Waals surface area contributed by atoms with Gasteiger partial charge in [0.15, 0.2) is 5.69 Å². The van der Waals surface area contributed by atoms with Gasteiger partial charge in [0, 0.05) is 17.8 Å². The fourth-order valence-corrected chi connectivity index (χ4v) is 2.81. The van der Waals surface area contributed by atoms with Gasteiger partial charge in [0.25, 0.3) is 5.31 Å². The number of hydrogen-bond acceptors (Lipinski definition) is 8. The normalized spacial score (nSPS) is 20.1. The van der Waals surface area contributed by atoms with Gasteiger partial charge in [0.2, 0.25) is 0 Å². The topological polar surface area (TPSA) is 143 Å². The van der Waals surface area contributed by atoms with Crippen molar-refractivity contribution in [1.29, 1.82) is 0 Å². The van der Waals surface area contributed by atoms with Crippen LogP contribution in [0.15, 0.2) is 17.8 Å². The Labute approximate surface area is 174 Å². The van der Waals surface area contributed by atoms with E-state index in [4.69, 9.17) is 31.3 Å². The van der Waals surface area contributed by atoms with E-state index < -0.39 is 22.8 Å². The predicted octanol–water partition coefficient (Wildman–Crippen LogP) is 2.08. The van der Waals surface area contributed by atoms with Crippen molar-refractivity contribution < 1.29 is 29.3 Å². The molecule has 0 saturated heterocycles. The number of aromatic carboxylic acids is 1. The number of carboxylic acids is 2. The number of nitrogens with one attached hydrogen (secondary N) is 2. The highest BCUT2D eigenvalue weighted by atomic mass is 35.5. The van der Waals surface area contributed by atoms with Gasteiger partial charge in [-0.1, -0.05) is 0 Å². The zero-order valence-electron chi connectivity index (χ0n) is 17.2. The highest BCUT2D eigenvalue weighted by Gasteiger charge is 2.40. The minimum absolute atomic E-state index is 0.0298. The molecule has 0 fully saturated rings. The third-order valence-corrected chi connectivity index (χ3v) is 3.55. The number of rotatable bonds is 6. The van der Waals surface area contributed by atoms with Crippen LogP contribution in [0, 0.1) is 6.92 Å². The summed E-state index contributed by atoms with van der Waals surface area (Å²) in [6, 6.07) is 1.51. The molecule has 2 rings (SSSR count). The fourth-order valence-electron chi connectivity index (χ4n) is 2.35. The molecular formula is C18H27ClN4O6. The van der Waals surface area contributed by atoms with Gasteiger partial charge in [-0.15, -0.1) is 0 Å². The summed E-state index contributed by atoms with van der Waals surface area (Å²) in [5, 5.41) is 21.8. The SMILES string of the molecule is CCOC1(Cl)NC(C(=O)O)=CC(C)(C)N1.Cc1cc(C(=O)O)nc(OC(C)C)n1. The van der Waals surface area contributed by atoms with Crippen molar-refractivity contribution in [3.63, 3.8) is 0 Å². The molecule has 1 aliphatic heterocycles. The van der Waals surface area contributed by atoms with Gasteiger partial charge in [0.05, 0.1) is 6.10 Å². The molecule has 0 aromatic carbocycles. The number of carbonyl (C=O) groups is 2. The standard InChI is InChI=1S/C9H15ClN2O3.C9H12N2O3/c1-4-15-9(10)11-6(7(13)14)5-8(2,3)12-9;1-5(2)14-9-10-6(3)4-7(11-9)8(12)13/h5,11-12H,4H2,1-3H3,(H,13,14);4-5H,1-3H3,(H,12,13). The number of ether oxygens (including phenoxy) is 2. The molecule has 11 heteroatoms. The van der Waals surface area contributed by atoms with Gasteiger partial charge < -0.3 is 25.0 Å². The average Bonchev–Trinajstić information content (AvgIpc) is 2.52. The summed E-state index contributed by atoms with van der Waals surface area (Å²) in [4.78, 5) is 29.2. The van der Waals surface area contributed by atoms with Crippen LogP contribution < -0.4 is 15.4 Å². The van der Waals surface area contributed by atoms with E-state index in [1.165, 1.54) is 6.07 Å². The van der Waals surface area contributed by atoms with Gasteiger partial charge >= 0.3 is 17.9 Å². The summed E-state index contributed by atoms with van der Waals surface area (Å²) in [5.41, 5.74) is 0.0130. The van der Waals surface area contributed by atoms with Crippen LogP contribution in [0.25, 0.3) is 0 Å². The molecule has 0 aliphatic carbocycles. The number of carboxylic acid groups (broad SMARTS) is 2. The maximum absolute atomic E-state index is 10.9. The highest BCUT2D eigenvalue weighted by Crippen LogP contribution is 2.23. The average molecular weight is 431 g/mol. The molecule has 10 nitrogen and oxygen atoms in total. The van der Waals surface area contributed by atoms with Crippen molar-refractivity contribution in [2.24, 2.45) is 0 Å². The lowest BCUT2D eigenvalue weighted by molar-refractivity contribution is -0.135. The van der Waals surface area contributed by atoms with Gasteiger partial charge in [-0.05, 0) is 65.3 Å². The number of hydrogen-bond donors (Lipinski definition) is 4. The molecule has 4 N–H and O–H groups in total. The van der Waals surface area contributed by atoms with Crippen LogP contribution in [0.2, 0.25) is 0 Å². The van der Waals surface area contributed by atoms with E-state index in [9.17, 15) is 9.59 Å². The third kappa shape index (κ3) is 8.22. The Hall–Kier alpha value is -2.43. The molecule has 1 atom stereocenters. The Morgan fingerprint density at radius 3 is 2.34 bits per heavy atom. The molecule has 0 amide bonds. The largest absolute Gasteiger partial charge is 0.477 e. The van der Waals surface area contributed by atoms with Crippen molar-refractivity contribution in [2.45, 2.75) is 58.5 Å². The van der Waals surface area contributed by atoms with Crippen LogP contribution >= 0.6 is 11.6 Å². The quantitative estimate of drug-likeness (QED) is 0.391. The Morgan fingerprint density at radius 2 is 1.86 bits per heavy atom. The van der Waals surface area contributed by atoms with Gasteiger partial charge in [-0.3, -0.25) is 0 Å². The third-order valence-electron chi connectivity index (χ3n) is 3.25. The van der Waals surface area contributed by atoms with Crippen LogP contribution in [-0.2, 0) is 9.53 Å². The maximum atomic E-state index is 10.9. The van der Waals surface area contributed by atoms with Crippen LogP contribution in [-0.4, -0.2) is 55.7 Å². The monoisotopic (exact) mass is 430 g/mol. The molecule has 1 aliphatic rings. The van der Waals surface area contributed by atoms with Gasteiger partial charge in [-0.25, -0.2) is 19.9 Å². The Bertz CT molecular complexity index is 784. The Kier molecular flexibility index (Phi) is 8.37. The van der Waals surface area contributed by atoms with E-state index in [-0.39, 0.29) is 23.5 Å². The van der Waals surface area contributed by atoms with E-state index in [1.807, 2.05) is 27.7 Å².